The summed E-state index contributed by atoms with van der Waals surface area (Å²) in [7, 11) is 1.56. The third-order valence-electron chi connectivity index (χ3n) is 4.13. The summed E-state index contributed by atoms with van der Waals surface area (Å²) in [6.07, 6.45) is 0.989. The van der Waals surface area contributed by atoms with Crippen LogP contribution < -0.4 is 10.5 Å². The SMILES string of the molecule is [11CH3]Oc1cccc(CC[C@@](N)(C(=O)O)[C@H]2C[C@@H]2C(=O)O)c1. The van der Waals surface area contributed by atoms with Gasteiger partial charge in [0.25, 0.3) is 0 Å². The molecule has 0 amide bonds. The van der Waals surface area contributed by atoms with Gasteiger partial charge in [0.05, 0.1) is 13.0 Å². The molecule has 6 nitrogen and oxygen atoms in total. The van der Waals surface area contributed by atoms with Crippen LogP contribution in [0.3, 0.4) is 0 Å². The first-order chi connectivity index (χ1) is 9.88. The monoisotopic (exact) mass is 292 g/mol. The van der Waals surface area contributed by atoms with Crippen molar-refractivity contribution in [3.8, 4) is 5.75 Å². The van der Waals surface area contributed by atoms with Gasteiger partial charge in [-0.25, -0.2) is 0 Å². The molecule has 3 atom stereocenters. The summed E-state index contributed by atoms with van der Waals surface area (Å²) in [4.78, 5) is 22.4. The fraction of sp³-hybridized carbons (Fsp3) is 0.467. The van der Waals surface area contributed by atoms with Crippen LogP contribution in [0.4, 0.5) is 0 Å². The first kappa shape index (κ1) is 15.3. The second-order valence-corrected chi connectivity index (χ2v) is 5.48. The van der Waals surface area contributed by atoms with Gasteiger partial charge >= 0.3 is 11.9 Å². The van der Waals surface area contributed by atoms with Crippen LogP contribution in [0.5, 0.6) is 5.75 Å². The maximum Gasteiger partial charge on any atom is 0.324 e. The van der Waals surface area contributed by atoms with E-state index in [1.54, 1.807) is 13.2 Å². The maximum atomic E-state index is 11.5. The third kappa shape index (κ3) is 3.16. The molecule has 0 aromatic heterocycles. The van der Waals surface area contributed by atoms with Crippen LogP contribution in [0.15, 0.2) is 24.3 Å². The molecule has 1 aromatic rings. The Kier molecular flexibility index (Phi) is 4.18. The van der Waals surface area contributed by atoms with Gasteiger partial charge < -0.3 is 20.7 Å². The molecule has 1 aromatic carbocycles. The maximum absolute atomic E-state index is 11.5. The van der Waals surface area contributed by atoms with Crippen molar-refractivity contribution in [3.05, 3.63) is 29.8 Å². The van der Waals surface area contributed by atoms with E-state index in [0.717, 1.165) is 5.56 Å². The zero-order valence-electron chi connectivity index (χ0n) is 11.8. The Balaban J connectivity index is 2.07. The number of methoxy groups -OCH3 is 1. The number of aryl methyl sites for hydroxylation is 1. The second kappa shape index (κ2) is 5.73. The lowest BCUT2D eigenvalue weighted by molar-refractivity contribution is -0.145. The normalized spacial score (nSPS) is 23.1. The van der Waals surface area contributed by atoms with E-state index in [1.165, 1.54) is 0 Å². The molecular formula is C15H19NO5. The highest BCUT2D eigenvalue weighted by atomic mass is 16.4. The van der Waals surface area contributed by atoms with Crippen LogP contribution in [0.1, 0.15) is 18.4 Å². The van der Waals surface area contributed by atoms with Gasteiger partial charge in [-0.1, -0.05) is 12.1 Å². The lowest BCUT2D eigenvalue weighted by atomic mass is 9.86. The molecule has 0 spiro atoms. The molecule has 0 aliphatic heterocycles. The van der Waals surface area contributed by atoms with Gasteiger partial charge in [0.15, 0.2) is 0 Å². The summed E-state index contributed by atoms with van der Waals surface area (Å²) in [5, 5.41) is 18.3. The molecule has 2 rings (SSSR count). The highest BCUT2D eigenvalue weighted by molar-refractivity contribution is 5.83. The number of aliphatic carboxylic acids is 2. The van der Waals surface area contributed by atoms with Gasteiger partial charge in [0, 0.05) is 5.92 Å². The highest BCUT2D eigenvalue weighted by Gasteiger charge is 2.57. The molecule has 0 saturated heterocycles. The van der Waals surface area contributed by atoms with Crippen molar-refractivity contribution < 1.29 is 24.5 Å². The molecule has 1 fully saturated rings. The third-order valence-corrected chi connectivity index (χ3v) is 4.13. The number of ether oxygens (including phenoxy) is 1. The molecule has 0 heterocycles. The van der Waals surface area contributed by atoms with E-state index in [2.05, 4.69) is 0 Å². The van der Waals surface area contributed by atoms with Crippen LogP contribution in [0.25, 0.3) is 0 Å². The Labute approximate surface area is 122 Å². The van der Waals surface area contributed by atoms with Crippen LogP contribution in [0, 0.1) is 11.8 Å². The van der Waals surface area contributed by atoms with Gasteiger partial charge in [-0.05, 0) is 37.0 Å². The molecule has 1 saturated carbocycles. The van der Waals surface area contributed by atoms with E-state index in [9.17, 15) is 14.7 Å². The summed E-state index contributed by atoms with van der Waals surface area (Å²) < 4.78 is 5.12. The smallest absolute Gasteiger partial charge is 0.324 e. The van der Waals surface area contributed by atoms with E-state index < -0.39 is 29.3 Å². The van der Waals surface area contributed by atoms with Crippen molar-refractivity contribution in [1.82, 2.24) is 0 Å². The molecule has 0 radical (unpaired) electrons. The fourth-order valence-electron chi connectivity index (χ4n) is 2.67. The summed E-state index contributed by atoms with van der Waals surface area (Å²) in [5.74, 6) is -2.56. The van der Waals surface area contributed by atoms with Gasteiger partial charge in [0.2, 0.25) is 0 Å². The van der Waals surface area contributed by atoms with E-state index in [-0.39, 0.29) is 6.42 Å². The number of nitrogens with two attached hydrogens (primary N) is 1. The summed E-state index contributed by atoms with van der Waals surface area (Å²) >= 11 is 0. The number of carboxylic acid groups (broad SMARTS) is 2. The van der Waals surface area contributed by atoms with Gasteiger partial charge in [-0.15, -0.1) is 0 Å². The standard InChI is InChI=1S/C15H19NO5/c1-21-10-4-2-3-9(7-10)5-6-15(16,14(19)20)12-8-11(12)13(17)18/h2-4,7,11-12H,5-6,8,16H2,1H3,(H,17,18)(H,19,20)/t11-,12-,15-/m0/s1/i1-1. The number of hydrogen-bond acceptors (Lipinski definition) is 4. The first-order valence-corrected chi connectivity index (χ1v) is 6.76. The molecule has 1 aliphatic carbocycles. The van der Waals surface area contributed by atoms with Crippen molar-refractivity contribution >= 4 is 11.9 Å². The minimum Gasteiger partial charge on any atom is -0.497 e. The minimum absolute atomic E-state index is 0.198. The van der Waals surface area contributed by atoms with Crippen molar-refractivity contribution in [2.24, 2.45) is 17.6 Å². The predicted octanol–water partition coefficient (Wildman–Crippen LogP) is 1.13. The lowest BCUT2D eigenvalue weighted by Crippen LogP contribution is -2.51. The zero-order valence-corrected chi connectivity index (χ0v) is 11.8. The molecule has 1 aliphatic rings. The van der Waals surface area contributed by atoms with Crippen LogP contribution in [-0.4, -0.2) is 34.8 Å². The van der Waals surface area contributed by atoms with Gasteiger partial charge in [-0.3, -0.25) is 9.59 Å². The first-order valence-electron chi connectivity index (χ1n) is 6.76. The molecule has 6 heteroatoms. The van der Waals surface area contributed by atoms with Gasteiger partial charge in [0.1, 0.15) is 11.3 Å². The number of rotatable bonds is 7. The molecular weight excluding hydrogens is 273 g/mol. The number of carbonyl (C=O) groups is 2. The second-order valence-electron chi connectivity index (χ2n) is 5.48. The fourth-order valence-corrected chi connectivity index (χ4v) is 2.67. The summed E-state index contributed by atoms with van der Waals surface area (Å²) in [6, 6.07) is 7.32. The van der Waals surface area contributed by atoms with Crippen molar-refractivity contribution in [2.45, 2.75) is 24.8 Å². The van der Waals surface area contributed by atoms with Crippen molar-refractivity contribution in [1.29, 1.82) is 0 Å². The van der Waals surface area contributed by atoms with E-state index >= 15 is 0 Å². The number of carboxylic acids is 2. The predicted molar refractivity (Wildman–Crippen MR) is 75.1 cm³/mol. The molecule has 21 heavy (non-hydrogen) atoms. The number of hydrogen-bond donors (Lipinski definition) is 3. The van der Waals surface area contributed by atoms with E-state index in [0.29, 0.717) is 18.6 Å². The largest absolute Gasteiger partial charge is 0.497 e. The average Bonchev–Trinajstić information content (AvgIpc) is 3.26. The Bertz CT molecular complexity index is 559. The zero-order chi connectivity index (χ0) is 15.6. The Morgan fingerprint density at radius 3 is 2.67 bits per heavy atom. The van der Waals surface area contributed by atoms with Crippen LogP contribution in [-0.2, 0) is 16.0 Å². The van der Waals surface area contributed by atoms with E-state index in [4.69, 9.17) is 15.6 Å². The minimum atomic E-state index is -1.49. The quantitative estimate of drug-likeness (QED) is 0.695. The van der Waals surface area contributed by atoms with Crippen molar-refractivity contribution in [3.63, 3.8) is 0 Å². The molecule has 114 valence electrons. The van der Waals surface area contributed by atoms with Crippen molar-refractivity contribution in [2.75, 3.05) is 7.11 Å². The number of benzene rings is 1. The Morgan fingerprint density at radius 2 is 2.14 bits per heavy atom. The van der Waals surface area contributed by atoms with Crippen LogP contribution >= 0.6 is 0 Å². The molecule has 0 bridgehead atoms. The van der Waals surface area contributed by atoms with E-state index in [1.807, 2.05) is 18.2 Å². The Hall–Kier alpha value is -2.08. The molecule has 0 unspecified atom stereocenters. The summed E-state index contributed by atoms with van der Waals surface area (Å²) in [6.45, 7) is 0. The Morgan fingerprint density at radius 1 is 1.43 bits per heavy atom. The van der Waals surface area contributed by atoms with Gasteiger partial charge in [-0.2, -0.15) is 0 Å². The topological polar surface area (TPSA) is 110 Å². The molecule has 4 N–H and O–H groups in total. The summed E-state index contributed by atoms with van der Waals surface area (Å²) in [5.41, 5.74) is 5.42. The lowest BCUT2D eigenvalue weighted by Gasteiger charge is -2.25. The average molecular weight is 292 g/mol. The highest BCUT2D eigenvalue weighted by Crippen LogP contribution is 2.47. The van der Waals surface area contributed by atoms with Crippen LogP contribution in [0.2, 0.25) is 0 Å².